The molecule has 1 aromatic heterocycles. The normalized spacial score (nSPS) is 20.2. The first-order valence-corrected chi connectivity index (χ1v) is 6.18. The molecule has 0 amide bonds. The first-order valence-electron chi connectivity index (χ1n) is 6.18. The van der Waals surface area contributed by atoms with Crippen LogP contribution in [0.15, 0.2) is 17.2 Å². The summed E-state index contributed by atoms with van der Waals surface area (Å²) in [5, 5.41) is 3.13. The second kappa shape index (κ2) is 5.82. The van der Waals surface area contributed by atoms with Crippen LogP contribution in [0.1, 0.15) is 19.8 Å². The molecule has 1 atom stereocenters. The van der Waals surface area contributed by atoms with Gasteiger partial charge in [-0.2, -0.15) is 0 Å². The lowest BCUT2D eigenvalue weighted by Gasteiger charge is -2.22. The molecule has 17 heavy (non-hydrogen) atoms. The van der Waals surface area contributed by atoms with Crippen LogP contribution in [0.25, 0.3) is 0 Å². The number of nitrogens with one attached hydrogen (secondary N) is 1. The Morgan fingerprint density at radius 2 is 2.53 bits per heavy atom. The molecular weight excluding hydrogens is 218 g/mol. The molecule has 2 rings (SSSR count). The molecule has 1 unspecified atom stereocenters. The van der Waals surface area contributed by atoms with E-state index in [2.05, 4.69) is 10.3 Å². The summed E-state index contributed by atoms with van der Waals surface area (Å²) in [6, 6.07) is 0. The lowest BCUT2D eigenvalue weighted by molar-refractivity contribution is 0.0594. The van der Waals surface area contributed by atoms with E-state index in [0.717, 1.165) is 32.6 Å². The van der Waals surface area contributed by atoms with Crippen molar-refractivity contribution >= 4 is 5.82 Å². The van der Waals surface area contributed by atoms with Crippen molar-refractivity contribution in [1.29, 1.82) is 0 Å². The van der Waals surface area contributed by atoms with E-state index < -0.39 is 0 Å². The summed E-state index contributed by atoms with van der Waals surface area (Å²) in [5.74, 6) is 0.931. The third-order valence-corrected chi connectivity index (χ3v) is 3.07. The molecule has 1 aliphatic heterocycles. The van der Waals surface area contributed by atoms with E-state index >= 15 is 0 Å². The molecule has 2 heterocycles. The standard InChI is InChI=1S/C12H19N3O2/c1-2-15-6-5-13-11(12(15)16)14-8-10-4-3-7-17-9-10/h5-6,10H,2-4,7-9H2,1H3,(H,13,14). The Labute approximate surface area is 101 Å². The molecule has 0 bridgehead atoms. The molecule has 0 spiro atoms. The highest BCUT2D eigenvalue weighted by atomic mass is 16.5. The van der Waals surface area contributed by atoms with E-state index in [-0.39, 0.29) is 5.56 Å². The van der Waals surface area contributed by atoms with Crippen LogP contribution in [0.4, 0.5) is 5.82 Å². The maximum Gasteiger partial charge on any atom is 0.293 e. The van der Waals surface area contributed by atoms with E-state index in [1.165, 1.54) is 0 Å². The predicted molar refractivity (Wildman–Crippen MR) is 66.2 cm³/mol. The van der Waals surface area contributed by atoms with Gasteiger partial charge in [-0.05, 0) is 25.7 Å². The van der Waals surface area contributed by atoms with Gasteiger partial charge in [0.15, 0.2) is 5.82 Å². The van der Waals surface area contributed by atoms with Gasteiger partial charge >= 0.3 is 0 Å². The highest BCUT2D eigenvalue weighted by Crippen LogP contribution is 2.13. The Kier molecular flexibility index (Phi) is 4.14. The Hall–Kier alpha value is -1.36. The Balaban J connectivity index is 1.96. The van der Waals surface area contributed by atoms with Gasteiger partial charge < -0.3 is 14.6 Å². The van der Waals surface area contributed by atoms with E-state index in [4.69, 9.17) is 4.74 Å². The number of rotatable bonds is 4. The van der Waals surface area contributed by atoms with Gasteiger partial charge in [0.1, 0.15) is 0 Å². The molecule has 94 valence electrons. The van der Waals surface area contributed by atoms with Gasteiger partial charge in [0.2, 0.25) is 0 Å². The predicted octanol–water partition coefficient (Wildman–Crippen LogP) is 1.10. The van der Waals surface area contributed by atoms with Gasteiger partial charge in [-0.25, -0.2) is 4.98 Å². The van der Waals surface area contributed by atoms with Crippen molar-refractivity contribution in [3.8, 4) is 0 Å². The molecule has 1 aromatic rings. The van der Waals surface area contributed by atoms with Crippen molar-refractivity contribution in [2.75, 3.05) is 25.1 Å². The van der Waals surface area contributed by atoms with Gasteiger partial charge in [-0.15, -0.1) is 0 Å². The topological polar surface area (TPSA) is 56.1 Å². The largest absolute Gasteiger partial charge is 0.381 e. The quantitative estimate of drug-likeness (QED) is 0.852. The Morgan fingerprint density at radius 3 is 3.24 bits per heavy atom. The van der Waals surface area contributed by atoms with Crippen LogP contribution >= 0.6 is 0 Å². The Morgan fingerprint density at radius 1 is 1.65 bits per heavy atom. The number of hydrogen-bond donors (Lipinski definition) is 1. The van der Waals surface area contributed by atoms with Crippen LogP contribution in [0.2, 0.25) is 0 Å². The van der Waals surface area contributed by atoms with E-state index in [0.29, 0.717) is 18.3 Å². The summed E-state index contributed by atoms with van der Waals surface area (Å²) in [6.45, 7) is 5.02. The van der Waals surface area contributed by atoms with Crippen molar-refractivity contribution in [1.82, 2.24) is 9.55 Å². The minimum atomic E-state index is -0.0493. The lowest BCUT2D eigenvalue weighted by Crippen LogP contribution is -2.29. The third kappa shape index (κ3) is 3.06. The average molecular weight is 237 g/mol. The fourth-order valence-electron chi connectivity index (χ4n) is 2.03. The Bertz CT molecular complexity index is 410. The monoisotopic (exact) mass is 237 g/mol. The maximum absolute atomic E-state index is 11.9. The molecule has 0 saturated carbocycles. The SMILES string of the molecule is CCn1ccnc(NCC2CCCOC2)c1=O. The van der Waals surface area contributed by atoms with Crippen molar-refractivity contribution in [3.05, 3.63) is 22.7 Å². The third-order valence-electron chi connectivity index (χ3n) is 3.07. The molecule has 1 aliphatic rings. The summed E-state index contributed by atoms with van der Waals surface area (Å²) in [6.07, 6.45) is 5.62. The van der Waals surface area contributed by atoms with Crippen molar-refractivity contribution in [2.24, 2.45) is 5.92 Å². The smallest absolute Gasteiger partial charge is 0.293 e. The van der Waals surface area contributed by atoms with E-state index in [1.54, 1.807) is 17.0 Å². The van der Waals surface area contributed by atoms with Gasteiger partial charge in [-0.1, -0.05) is 0 Å². The number of ether oxygens (including phenoxy) is 1. The average Bonchev–Trinajstić information content (AvgIpc) is 2.39. The fraction of sp³-hybridized carbons (Fsp3) is 0.667. The molecule has 5 heteroatoms. The van der Waals surface area contributed by atoms with Crippen LogP contribution in [0.3, 0.4) is 0 Å². The summed E-state index contributed by atoms with van der Waals surface area (Å²) < 4.78 is 7.05. The first-order chi connectivity index (χ1) is 8.31. The number of anilines is 1. The second-order valence-corrected chi connectivity index (χ2v) is 4.33. The number of hydrogen-bond acceptors (Lipinski definition) is 4. The van der Waals surface area contributed by atoms with E-state index in [1.807, 2.05) is 6.92 Å². The number of aromatic nitrogens is 2. The van der Waals surface area contributed by atoms with Crippen LogP contribution in [0.5, 0.6) is 0 Å². The minimum absolute atomic E-state index is 0.0493. The second-order valence-electron chi connectivity index (χ2n) is 4.33. The molecular formula is C12H19N3O2. The van der Waals surface area contributed by atoms with Crippen molar-refractivity contribution in [2.45, 2.75) is 26.3 Å². The summed E-state index contributed by atoms with van der Waals surface area (Å²) >= 11 is 0. The van der Waals surface area contributed by atoms with Gasteiger partial charge in [0.05, 0.1) is 6.61 Å². The zero-order valence-electron chi connectivity index (χ0n) is 10.2. The molecule has 0 radical (unpaired) electrons. The van der Waals surface area contributed by atoms with Gasteiger partial charge in [0.25, 0.3) is 5.56 Å². The first kappa shape index (κ1) is 12.1. The number of aryl methyl sites for hydroxylation is 1. The highest BCUT2D eigenvalue weighted by molar-refractivity contribution is 5.30. The molecule has 0 aromatic carbocycles. The molecule has 1 saturated heterocycles. The molecule has 5 nitrogen and oxygen atoms in total. The fourth-order valence-corrected chi connectivity index (χ4v) is 2.03. The summed E-state index contributed by atoms with van der Waals surface area (Å²) in [4.78, 5) is 16.0. The van der Waals surface area contributed by atoms with Crippen molar-refractivity contribution < 1.29 is 4.74 Å². The molecule has 1 N–H and O–H groups in total. The van der Waals surface area contributed by atoms with E-state index in [9.17, 15) is 4.79 Å². The summed E-state index contributed by atoms with van der Waals surface area (Å²) in [7, 11) is 0. The van der Waals surface area contributed by atoms with Crippen LogP contribution in [0, 0.1) is 5.92 Å². The molecule has 1 fully saturated rings. The lowest BCUT2D eigenvalue weighted by atomic mass is 10.0. The zero-order valence-corrected chi connectivity index (χ0v) is 10.2. The molecule has 0 aliphatic carbocycles. The minimum Gasteiger partial charge on any atom is -0.381 e. The van der Waals surface area contributed by atoms with Gasteiger partial charge in [0, 0.05) is 32.1 Å². The summed E-state index contributed by atoms with van der Waals surface area (Å²) in [5.41, 5.74) is -0.0493. The zero-order chi connectivity index (χ0) is 12.1. The van der Waals surface area contributed by atoms with Gasteiger partial charge in [-0.3, -0.25) is 4.79 Å². The van der Waals surface area contributed by atoms with Crippen LogP contribution in [-0.4, -0.2) is 29.3 Å². The van der Waals surface area contributed by atoms with Crippen LogP contribution in [-0.2, 0) is 11.3 Å². The van der Waals surface area contributed by atoms with Crippen LogP contribution < -0.4 is 10.9 Å². The number of nitrogens with zero attached hydrogens (tertiary/aromatic N) is 2. The van der Waals surface area contributed by atoms with Crippen molar-refractivity contribution in [3.63, 3.8) is 0 Å². The highest BCUT2D eigenvalue weighted by Gasteiger charge is 2.14. The maximum atomic E-state index is 11.9.